The van der Waals surface area contributed by atoms with Crippen molar-refractivity contribution in [3.05, 3.63) is 29.3 Å². The maximum atomic E-state index is 10.7. The van der Waals surface area contributed by atoms with Crippen molar-refractivity contribution in [2.24, 2.45) is 5.92 Å². The van der Waals surface area contributed by atoms with Crippen LogP contribution in [0.1, 0.15) is 30.4 Å². The third-order valence-electron chi connectivity index (χ3n) is 3.91. The van der Waals surface area contributed by atoms with E-state index in [9.17, 15) is 23.2 Å². The Labute approximate surface area is 143 Å². The number of nitrogens with zero attached hydrogens (tertiary/aromatic N) is 2. The molecule has 1 aliphatic heterocycles. The fraction of sp³-hybridized carbons (Fsp3) is 0.471. The van der Waals surface area contributed by atoms with Gasteiger partial charge in [-0.25, -0.2) is 0 Å². The minimum absolute atomic E-state index is 0.257. The number of carboxylic acid groups (broad SMARTS) is 1. The summed E-state index contributed by atoms with van der Waals surface area (Å²) < 4.78 is 31.2. The quantitative estimate of drug-likeness (QED) is 0.841. The summed E-state index contributed by atoms with van der Waals surface area (Å²) in [6.45, 7) is 3.60. The molecule has 0 atom stereocenters. The molecule has 0 saturated carbocycles. The maximum Gasteiger partial charge on any atom is 0.446 e. The van der Waals surface area contributed by atoms with E-state index in [1.54, 1.807) is 0 Å². The summed E-state index contributed by atoms with van der Waals surface area (Å²) in [5.41, 5.74) is 2.71. The molecule has 1 aromatic rings. The normalized spacial score (nSPS) is 14.9. The summed E-state index contributed by atoms with van der Waals surface area (Å²) in [5.74, 6) is -0.448. The molecule has 1 heterocycles. The molecule has 8 heteroatoms. The monoisotopic (exact) mass is 356 g/mol. The Morgan fingerprint density at radius 2 is 1.96 bits per heavy atom. The Morgan fingerprint density at radius 1 is 1.40 bits per heavy atom. The molecule has 1 fully saturated rings. The second kappa shape index (κ2) is 9.06. The summed E-state index contributed by atoms with van der Waals surface area (Å²) in [7, 11) is 0. The van der Waals surface area contributed by atoms with Gasteiger partial charge in [0.1, 0.15) is 6.07 Å². The number of nitriles is 1. The third-order valence-corrected chi connectivity index (χ3v) is 3.91. The average molecular weight is 356 g/mol. The lowest BCUT2D eigenvalue weighted by molar-refractivity contribution is -0.156. The number of hydrogen-bond donors (Lipinski definition) is 1. The Bertz CT molecular complexity index is 646. The van der Waals surface area contributed by atoms with Gasteiger partial charge in [-0.15, -0.1) is 0 Å². The Balaban J connectivity index is 0.000000450. The first-order chi connectivity index (χ1) is 11.7. The van der Waals surface area contributed by atoms with E-state index >= 15 is 0 Å². The van der Waals surface area contributed by atoms with Gasteiger partial charge in [-0.3, -0.25) is 9.59 Å². The summed E-state index contributed by atoms with van der Waals surface area (Å²) in [5, 5.41) is 18.1. The lowest BCUT2D eigenvalue weighted by atomic mass is 9.93. The first-order valence-corrected chi connectivity index (χ1v) is 7.67. The van der Waals surface area contributed by atoms with Crippen molar-refractivity contribution in [2.75, 3.05) is 18.0 Å². The number of anilines is 1. The van der Waals surface area contributed by atoms with Gasteiger partial charge < -0.3 is 10.0 Å². The largest absolute Gasteiger partial charge is 0.481 e. The molecule has 0 radical (unpaired) electrons. The van der Waals surface area contributed by atoms with Crippen LogP contribution in [-0.2, 0) is 9.59 Å². The van der Waals surface area contributed by atoms with E-state index in [1.807, 2.05) is 25.1 Å². The SMILES string of the molecule is Cc1cccc(N2CCC(CC(=O)O)CC2)c1C#N.O=CC(F)(F)F. The molecule has 0 spiro atoms. The number of rotatable bonds is 3. The molecule has 1 aromatic carbocycles. The van der Waals surface area contributed by atoms with Crippen LogP contribution < -0.4 is 4.90 Å². The van der Waals surface area contributed by atoms with Gasteiger partial charge >= 0.3 is 12.1 Å². The summed E-state index contributed by atoms with van der Waals surface area (Å²) in [6.07, 6.45) is -3.68. The molecule has 1 N–H and O–H groups in total. The van der Waals surface area contributed by atoms with Gasteiger partial charge in [0.2, 0.25) is 6.29 Å². The number of carbonyl (C=O) groups is 2. The number of benzene rings is 1. The third kappa shape index (κ3) is 6.83. The van der Waals surface area contributed by atoms with E-state index in [1.165, 1.54) is 0 Å². The van der Waals surface area contributed by atoms with Gasteiger partial charge in [-0.05, 0) is 37.3 Å². The highest BCUT2D eigenvalue weighted by Gasteiger charge is 2.25. The summed E-state index contributed by atoms with van der Waals surface area (Å²) in [6, 6.07) is 8.15. The zero-order valence-electron chi connectivity index (χ0n) is 13.7. The molecule has 0 aromatic heterocycles. The predicted octanol–water partition coefficient (Wildman–Crippen LogP) is 3.31. The molecule has 0 unspecified atom stereocenters. The number of aldehydes is 1. The van der Waals surface area contributed by atoms with E-state index < -0.39 is 18.4 Å². The summed E-state index contributed by atoms with van der Waals surface area (Å²) in [4.78, 5) is 21.6. The molecule has 5 nitrogen and oxygen atoms in total. The number of carboxylic acids is 1. The van der Waals surface area contributed by atoms with Crippen LogP contribution in [0.5, 0.6) is 0 Å². The predicted molar refractivity (Wildman–Crippen MR) is 85.2 cm³/mol. The van der Waals surface area contributed by atoms with Crippen LogP contribution in [0.15, 0.2) is 18.2 Å². The van der Waals surface area contributed by atoms with E-state index in [-0.39, 0.29) is 12.3 Å². The van der Waals surface area contributed by atoms with Crippen molar-refractivity contribution in [3.8, 4) is 6.07 Å². The van der Waals surface area contributed by atoms with Crippen LogP contribution in [0.2, 0.25) is 0 Å². The first kappa shape index (κ1) is 20.5. The number of carbonyl (C=O) groups excluding carboxylic acids is 1. The fourth-order valence-corrected chi connectivity index (χ4v) is 2.69. The minimum atomic E-state index is -4.64. The van der Waals surface area contributed by atoms with Crippen LogP contribution >= 0.6 is 0 Å². The summed E-state index contributed by atoms with van der Waals surface area (Å²) >= 11 is 0. The van der Waals surface area contributed by atoms with E-state index in [0.29, 0.717) is 0 Å². The van der Waals surface area contributed by atoms with Gasteiger partial charge in [0.15, 0.2) is 0 Å². The molecular weight excluding hydrogens is 337 g/mol. The van der Waals surface area contributed by atoms with Crippen molar-refractivity contribution in [1.82, 2.24) is 0 Å². The highest BCUT2D eigenvalue weighted by Crippen LogP contribution is 2.28. The molecule has 0 aliphatic carbocycles. The van der Waals surface area contributed by atoms with Crippen LogP contribution in [0.25, 0.3) is 0 Å². The van der Waals surface area contributed by atoms with Crippen LogP contribution in [0.4, 0.5) is 18.9 Å². The second-order valence-electron chi connectivity index (χ2n) is 5.77. The fourth-order valence-electron chi connectivity index (χ4n) is 2.69. The van der Waals surface area contributed by atoms with Gasteiger partial charge in [0.05, 0.1) is 11.3 Å². The Hall–Kier alpha value is -2.56. The van der Waals surface area contributed by atoms with E-state index in [2.05, 4.69) is 11.0 Å². The van der Waals surface area contributed by atoms with Crippen molar-refractivity contribution < 1.29 is 27.9 Å². The van der Waals surface area contributed by atoms with Gasteiger partial charge in [0, 0.05) is 19.5 Å². The number of halogens is 3. The first-order valence-electron chi connectivity index (χ1n) is 7.67. The van der Waals surface area contributed by atoms with E-state index in [4.69, 9.17) is 9.90 Å². The number of aryl methyl sites for hydroxylation is 1. The van der Waals surface area contributed by atoms with Crippen LogP contribution in [-0.4, -0.2) is 36.6 Å². The van der Waals surface area contributed by atoms with Crippen molar-refractivity contribution in [3.63, 3.8) is 0 Å². The Kier molecular flexibility index (Phi) is 7.43. The minimum Gasteiger partial charge on any atom is -0.481 e. The molecule has 2 rings (SSSR count). The van der Waals surface area contributed by atoms with Crippen LogP contribution in [0, 0.1) is 24.2 Å². The lowest BCUT2D eigenvalue weighted by Gasteiger charge is -2.33. The molecule has 0 amide bonds. The number of hydrogen-bond acceptors (Lipinski definition) is 4. The molecule has 1 aliphatic rings. The molecular formula is C17H19F3N2O3. The van der Waals surface area contributed by atoms with Gasteiger partial charge in [-0.2, -0.15) is 18.4 Å². The number of piperidine rings is 1. The topological polar surface area (TPSA) is 81.4 Å². The maximum absolute atomic E-state index is 10.7. The molecule has 0 bridgehead atoms. The average Bonchev–Trinajstić information content (AvgIpc) is 2.55. The van der Waals surface area contributed by atoms with Crippen molar-refractivity contribution in [1.29, 1.82) is 5.26 Å². The molecule has 136 valence electrons. The zero-order valence-corrected chi connectivity index (χ0v) is 13.7. The highest BCUT2D eigenvalue weighted by atomic mass is 19.4. The smallest absolute Gasteiger partial charge is 0.446 e. The Morgan fingerprint density at radius 3 is 2.40 bits per heavy atom. The zero-order chi connectivity index (χ0) is 19.0. The van der Waals surface area contributed by atoms with Gasteiger partial charge in [-0.1, -0.05) is 12.1 Å². The van der Waals surface area contributed by atoms with Gasteiger partial charge in [0.25, 0.3) is 0 Å². The standard InChI is InChI=1S/C15H18N2O2.C2HF3O/c1-11-3-2-4-14(13(11)10-16)17-7-5-12(6-8-17)9-15(18)19;3-2(4,5)1-6/h2-4,12H,5-9H2,1H3,(H,18,19);1H. The number of alkyl halides is 3. The number of aliphatic carboxylic acids is 1. The van der Waals surface area contributed by atoms with E-state index in [0.717, 1.165) is 42.7 Å². The van der Waals surface area contributed by atoms with Crippen molar-refractivity contribution in [2.45, 2.75) is 32.4 Å². The van der Waals surface area contributed by atoms with Crippen molar-refractivity contribution >= 4 is 17.9 Å². The molecule has 1 saturated heterocycles. The second-order valence-corrected chi connectivity index (χ2v) is 5.77. The molecule has 25 heavy (non-hydrogen) atoms. The highest BCUT2D eigenvalue weighted by molar-refractivity contribution is 5.67. The lowest BCUT2D eigenvalue weighted by Crippen LogP contribution is -2.34. The van der Waals surface area contributed by atoms with Crippen LogP contribution in [0.3, 0.4) is 0 Å².